The van der Waals surface area contributed by atoms with Crippen LogP contribution in [0.3, 0.4) is 0 Å². The van der Waals surface area contributed by atoms with Crippen molar-refractivity contribution in [2.45, 2.75) is 0 Å². The molecule has 0 aliphatic carbocycles. The van der Waals surface area contributed by atoms with E-state index in [1.165, 1.54) is 32.6 Å². The number of nitrogens with zero attached hydrogens (tertiary/aromatic N) is 4. The Bertz CT molecular complexity index is 2540. The fourth-order valence-corrected chi connectivity index (χ4v) is 7.00. The zero-order valence-electron chi connectivity index (χ0n) is 24.8. The normalized spacial score (nSPS) is 11.5. The molecule has 0 fully saturated rings. The summed E-state index contributed by atoms with van der Waals surface area (Å²) in [6, 6.07) is 50.8. The molecule has 0 spiro atoms. The standard InChI is InChI=1S/C42H26N4/c1-43-37-16-10-15-32(42(37)46-40-19-8-4-13-35(40)36-14-5-9-20-41(36)46)30-25-29(26-44-27-30)28-21-23-31(24-22-28)45-38-17-6-2-11-33(38)34-12-3-7-18-39(34)45/h2-27H. The van der Waals surface area contributed by atoms with Gasteiger partial charge in [-0.05, 0) is 53.6 Å². The van der Waals surface area contributed by atoms with Crippen LogP contribution in [-0.2, 0) is 0 Å². The van der Waals surface area contributed by atoms with Gasteiger partial charge >= 0.3 is 0 Å². The van der Waals surface area contributed by atoms with E-state index in [1.807, 2.05) is 24.5 Å². The predicted octanol–water partition coefficient (Wildman–Crippen LogP) is 11.2. The Morgan fingerprint density at radius 3 is 1.50 bits per heavy atom. The predicted molar refractivity (Wildman–Crippen MR) is 190 cm³/mol. The lowest BCUT2D eigenvalue weighted by Crippen LogP contribution is -1.98. The van der Waals surface area contributed by atoms with Crippen LogP contribution in [0.25, 0.3) is 82.1 Å². The number of aromatic nitrogens is 3. The molecule has 0 aliphatic heterocycles. The summed E-state index contributed by atoms with van der Waals surface area (Å²) in [6.07, 6.45) is 3.81. The van der Waals surface area contributed by atoms with Crippen molar-refractivity contribution in [3.8, 4) is 33.6 Å². The van der Waals surface area contributed by atoms with Crippen LogP contribution in [0.1, 0.15) is 0 Å². The van der Waals surface area contributed by atoms with Gasteiger partial charge in [0.1, 0.15) is 0 Å². The minimum atomic E-state index is 0.602. The number of fused-ring (bicyclic) bond motifs is 6. The topological polar surface area (TPSA) is 27.1 Å². The molecule has 0 aliphatic rings. The molecule has 9 rings (SSSR count). The van der Waals surface area contributed by atoms with Crippen LogP contribution < -0.4 is 0 Å². The third-order valence-corrected chi connectivity index (χ3v) is 9.03. The first-order valence-corrected chi connectivity index (χ1v) is 15.3. The van der Waals surface area contributed by atoms with Gasteiger partial charge in [-0.15, -0.1) is 0 Å². The highest BCUT2D eigenvalue weighted by atomic mass is 15.0. The molecule has 0 amide bonds. The molecule has 0 N–H and O–H groups in total. The summed E-state index contributed by atoms with van der Waals surface area (Å²) in [7, 11) is 0. The highest BCUT2D eigenvalue weighted by Crippen LogP contribution is 2.41. The monoisotopic (exact) mass is 586 g/mol. The molecule has 0 saturated carbocycles. The second kappa shape index (κ2) is 10.3. The molecule has 3 aromatic heterocycles. The molecule has 4 nitrogen and oxygen atoms in total. The Hall–Kier alpha value is -6.44. The van der Waals surface area contributed by atoms with Crippen molar-refractivity contribution in [1.82, 2.24) is 14.1 Å². The quantitative estimate of drug-likeness (QED) is 0.189. The maximum absolute atomic E-state index is 8.11. The maximum atomic E-state index is 8.11. The van der Waals surface area contributed by atoms with E-state index in [-0.39, 0.29) is 0 Å². The second-order valence-electron chi connectivity index (χ2n) is 11.5. The minimum absolute atomic E-state index is 0.602. The summed E-state index contributed by atoms with van der Waals surface area (Å²) in [5, 5.41) is 4.83. The summed E-state index contributed by atoms with van der Waals surface area (Å²) >= 11 is 0. The Labute approximate surface area is 265 Å². The van der Waals surface area contributed by atoms with E-state index in [4.69, 9.17) is 11.6 Å². The molecular formula is C42H26N4. The van der Waals surface area contributed by atoms with Crippen molar-refractivity contribution in [2.75, 3.05) is 0 Å². The third kappa shape index (κ3) is 3.89. The lowest BCUT2D eigenvalue weighted by atomic mass is 9.99. The van der Waals surface area contributed by atoms with Crippen LogP contribution in [0, 0.1) is 6.57 Å². The lowest BCUT2D eigenvalue weighted by Gasteiger charge is -2.16. The van der Waals surface area contributed by atoms with Gasteiger partial charge in [0.15, 0.2) is 0 Å². The first kappa shape index (κ1) is 26.0. The molecule has 0 bridgehead atoms. The second-order valence-corrected chi connectivity index (χ2v) is 11.5. The van der Waals surface area contributed by atoms with Crippen molar-refractivity contribution in [3.63, 3.8) is 0 Å². The number of para-hydroxylation sites is 5. The molecule has 214 valence electrons. The zero-order valence-corrected chi connectivity index (χ0v) is 24.8. The highest BCUT2D eigenvalue weighted by Gasteiger charge is 2.19. The Kier molecular flexibility index (Phi) is 5.84. The Morgan fingerprint density at radius 2 is 0.957 bits per heavy atom. The largest absolute Gasteiger partial charge is 0.318 e. The third-order valence-electron chi connectivity index (χ3n) is 9.03. The zero-order chi connectivity index (χ0) is 30.6. The van der Waals surface area contributed by atoms with Gasteiger partial charge in [-0.2, -0.15) is 0 Å². The van der Waals surface area contributed by atoms with Crippen LogP contribution >= 0.6 is 0 Å². The summed E-state index contributed by atoms with van der Waals surface area (Å²) in [4.78, 5) is 8.69. The van der Waals surface area contributed by atoms with Gasteiger partial charge in [0, 0.05) is 50.8 Å². The first-order chi connectivity index (χ1) is 22.8. The van der Waals surface area contributed by atoms with E-state index >= 15 is 0 Å². The molecule has 0 saturated heterocycles. The molecule has 46 heavy (non-hydrogen) atoms. The Morgan fingerprint density at radius 1 is 0.457 bits per heavy atom. The summed E-state index contributed by atoms with van der Waals surface area (Å²) in [5.74, 6) is 0. The first-order valence-electron chi connectivity index (χ1n) is 15.3. The van der Waals surface area contributed by atoms with Gasteiger partial charge in [-0.3, -0.25) is 4.98 Å². The maximum Gasteiger partial charge on any atom is 0.211 e. The molecule has 0 unspecified atom stereocenters. The van der Waals surface area contributed by atoms with E-state index < -0.39 is 0 Å². The van der Waals surface area contributed by atoms with Crippen molar-refractivity contribution < 1.29 is 0 Å². The van der Waals surface area contributed by atoms with E-state index in [1.54, 1.807) is 0 Å². The van der Waals surface area contributed by atoms with Gasteiger partial charge in [0.2, 0.25) is 5.69 Å². The molecule has 3 heterocycles. The van der Waals surface area contributed by atoms with Crippen molar-refractivity contribution in [3.05, 3.63) is 169 Å². The average molecular weight is 587 g/mol. The molecule has 4 heteroatoms. The van der Waals surface area contributed by atoms with Crippen LogP contribution in [0.4, 0.5) is 5.69 Å². The van der Waals surface area contributed by atoms with Gasteiger partial charge in [0.25, 0.3) is 0 Å². The van der Waals surface area contributed by atoms with Gasteiger partial charge in [-0.25, -0.2) is 4.85 Å². The molecule has 6 aromatic carbocycles. The number of hydrogen-bond donors (Lipinski definition) is 0. The summed E-state index contributed by atoms with van der Waals surface area (Å²) in [6.45, 7) is 8.11. The smallest absolute Gasteiger partial charge is 0.211 e. The average Bonchev–Trinajstić information content (AvgIpc) is 3.64. The Balaban J connectivity index is 1.18. The number of rotatable bonds is 4. The van der Waals surface area contributed by atoms with Gasteiger partial charge in [-0.1, -0.05) is 103 Å². The van der Waals surface area contributed by atoms with Crippen LogP contribution in [0.15, 0.2) is 158 Å². The number of benzene rings is 6. The molecule has 0 radical (unpaired) electrons. The van der Waals surface area contributed by atoms with Crippen molar-refractivity contribution in [2.24, 2.45) is 0 Å². The lowest BCUT2D eigenvalue weighted by molar-refractivity contribution is 1.18. The highest BCUT2D eigenvalue weighted by molar-refractivity contribution is 6.11. The molecule has 9 aromatic rings. The fourth-order valence-electron chi connectivity index (χ4n) is 7.00. The molecule has 0 atom stereocenters. The minimum Gasteiger partial charge on any atom is -0.318 e. The summed E-state index contributed by atoms with van der Waals surface area (Å²) in [5.41, 5.74) is 11.2. The van der Waals surface area contributed by atoms with Gasteiger partial charge < -0.3 is 9.13 Å². The van der Waals surface area contributed by atoms with Crippen LogP contribution in [0.5, 0.6) is 0 Å². The number of hydrogen-bond acceptors (Lipinski definition) is 1. The van der Waals surface area contributed by atoms with Crippen molar-refractivity contribution in [1.29, 1.82) is 0 Å². The van der Waals surface area contributed by atoms with Crippen molar-refractivity contribution >= 4 is 49.3 Å². The fraction of sp³-hybridized carbons (Fsp3) is 0. The summed E-state index contributed by atoms with van der Waals surface area (Å²) < 4.78 is 4.57. The van der Waals surface area contributed by atoms with E-state index in [9.17, 15) is 0 Å². The van der Waals surface area contributed by atoms with E-state index in [0.717, 1.165) is 44.7 Å². The van der Waals surface area contributed by atoms with Crippen LogP contribution in [0.2, 0.25) is 0 Å². The van der Waals surface area contributed by atoms with E-state index in [0.29, 0.717) is 5.69 Å². The molecular weight excluding hydrogens is 560 g/mol. The van der Waals surface area contributed by atoms with Gasteiger partial charge in [0.05, 0.1) is 34.3 Å². The van der Waals surface area contributed by atoms with Crippen LogP contribution in [-0.4, -0.2) is 14.1 Å². The number of pyridine rings is 1. The van der Waals surface area contributed by atoms with E-state index in [2.05, 4.69) is 147 Å². The SMILES string of the molecule is [C-]#[N+]c1cccc(-c2cncc(-c3ccc(-n4c5ccccc5c5ccccc54)cc3)c2)c1-n1c2ccccc2c2ccccc21.